The summed E-state index contributed by atoms with van der Waals surface area (Å²) in [6.07, 6.45) is 1.42. The highest BCUT2D eigenvalue weighted by Gasteiger charge is 2.39. The van der Waals surface area contributed by atoms with Crippen LogP contribution in [0.15, 0.2) is 47.4 Å². The zero-order chi connectivity index (χ0) is 19.2. The van der Waals surface area contributed by atoms with E-state index in [2.05, 4.69) is 4.98 Å². The third-order valence-electron chi connectivity index (χ3n) is 4.77. The zero-order valence-electron chi connectivity index (χ0n) is 14.5. The van der Waals surface area contributed by atoms with E-state index in [1.807, 2.05) is 24.3 Å². The number of para-hydroxylation sites is 1. The minimum atomic E-state index is -3.86. The molecule has 1 aromatic heterocycles. The Labute approximate surface area is 160 Å². The molecule has 0 spiro atoms. The molecular weight excluding hydrogens is 386 g/mol. The van der Waals surface area contributed by atoms with Crippen LogP contribution in [-0.2, 0) is 10.0 Å². The van der Waals surface area contributed by atoms with Crippen LogP contribution in [0.4, 0.5) is 5.69 Å². The topological polar surface area (TPSA) is 93.4 Å². The normalized spacial score (nSPS) is 18.2. The van der Waals surface area contributed by atoms with E-state index in [4.69, 9.17) is 0 Å². The van der Waals surface area contributed by atoms with Crippen molar-refractivity contribution in [2.75, 3.05) is 6.54 Å². The van der Waals surface area contributed by atoms with E-state index in [1.54, 1.807) is 6.92 Å². The van der Waals surface area contributed by atoms with Crippen LogP contribution in [0.3, 0.4) is 0 Å². The van der Waals surface area contributed by atoms with Gasteiger partial charge in [0, 0.05) is 18.7 Å². The summed E-state index contributed by atoms with van der Waals surface area (Å²) in [6.45, 7) is 2.03. The van der Waals surface area contributed by atoms with E-state index in [0.29, 0.717) is 18.5 Å². The number of aryl methyl sites for hydroxylation is 1. The Balaban J connectivity index is 1.77. The van der Waals surface area contributed by atoms with Gasteiger partial charge in [0.05, 0.1) is 26.1 Å². The number of benzene rings is 2. The number of fused-ring (bicyclic) bond motifs is 1. The van der Waals surface area contributed by atoms with Gasteiger partial charge in [-0.1, -0.05) is 18.2 Å². The summed E-state index contributed by atoms with van der Waals surface area (Å²) in [7, 11) is -3.86. The minimum Gasteiger partial charge on any atom is -0.258 e. The van der Waals surface area contributed by atoms with Crippen molar-refractivity contribution in [3.8, 4) is 0 Å². The molecule has 1 fully saturated rings. The van der Waals surface area contributed by atoms with Gasteiger partial charge in [0.1, 0.15) is 5.01 Å². The lowest BCUT2D eigenvalue weighted by molar-refractivity contribution is -0.385. The smallest absolute Gasteiger partial charge is 0.258 e. The predicted molar refractivity (Wildman–Crippen MR) is 103 cm³/mol. The lowest BCUT2D eigenvalue weighted by atomic mass is 10.2. The highest BCUT2D eigenvalue weighted by Crippen LogP contribution is 2.40. The maximum absolute atomic E-state index is 13.3. The molecule has 2 heterocycles. The number of aromatic nitrogens is 1. The van der Waals surface area contributed by atoms with E-state index in [1.165, 1.54) is 27.8 Å². The molecule has 1 aliphatic rings. The summed E-state index contributed by atoms with van der Waals surface area (Å²) in [6, 6.07) is 11.3. The highest BCUT2D eigenvalue weighted by molar-refractivity contribution is 7.89. The van der Waals surface area contributed by atoms with Crippen molar-refractivity contribution >= 4 is 37.3 Å². The quantitative estimate of drug-likeness (QED) is 0.484. The maximum Gasteiger partial charge on any atom is 0.270 e. The first kappa shape index (κ1) is 18.0. The zero-order valence-corrected chi connectivity index (χ0v) is 16.2. The van der Waals surface area contributed by atoms with Gasteiger partial charge in [-0.15, -0.1) is 11.3 Å². The van der Waals surface area contributed by atoms with Gasteiger partial charge in [-0.05, 0) is 37.5 Å². The fraction of sp³-hybridized carbons (Fsp3) is 0.278. The first-order valence-electron chi connectivity index (χ1n) is 8.50. The van der Waals surface area contributed by atoms with Crippen LogP contribution in [0.1, 0.15) is 29.5 Å². The molecule has 0 bridgehead atoms. The lowest BCUT2D eigenvalue weighted by Gasteiger charge is -2.23. The Bertz CT molecular complexity index is 1110. The number of thiazole rings is 1. The van der Waals surface area contributed by atoms with Gasteiger partial charge in [0.15, 0.2) is 0 Å². The van der Waals surface area contributed by atoms with E-state index < -0.39 is 14.9 Å². The van der Waals surface area contributed by atoms with Gasteiger partial charge < -0.3 is 0 Å². The number of nitro benzene ring substituents is 1. The van der Waals surface area contributed by atoms with Crippen LogP contribution in [0.5, 0.6) is 0 Å². The number of rotatable bonds is 4. The van der Waals surface area contributed by atoms with Gasteiger partial charge >= 0.3 is 0 Å². The molecule has 1 atom stereocenters. The Morgan fingerprint density at radius 2 is 2.04 bits per heavy atom. The fourth-order valence-corrected chi connectivity index (χ4v) is 6.50. The van der Waals surface area contributed by atoms with Gasteiger partial charge in [0.2, 0.25) is 10.0 Å². The Morgan fingerprint density at radius 3 is 2.78 bits per heavy atom. The molecular formula is C18H17N3O4S2. The van der Waals surface area contributed by atoms with Crippen molar-refractivity contribution in [3.63, 3.8) is 0 Å². The van der Waals surface area contributed by atoms with Crippen LogP contribution in [0.2, 0.25) is 0 Å². The predicted octanol–water partition coefficient (Wildman–Crippen LogP) is 4.04. The Kier molecular flexibility index (Phi) is 4.45. The SMILES string of the molecule is Cc1ccc([N+](=O)[O-])cc1S(=O)(=O)N1CCCC1c1nc2ccccc2s1. The molecule has 7 nitrogen and oxygen atoms in total. The second kappa shape index (κ2) is 6.66. The Hall–Kier alpha value is -2.36. The van der Waals surface area contributed by atoms with E-state index in [-0.39, 0.29) is 16.6 Å². The van der Waals surface area contributed by atoms with Crippen LogP contribution < -0.4 is 0 Å². The van der Waals surface area contributed by atoms with Crippen molar-refractivity contribution in [3.05, 3.63) is 63.1 Å². The second-order valence-corrected chi connectivity index (χ2v) is 9.42. The molecule has 1 aliphatic heterocycles. The monoisotopic (exact) mass is 403 g/mol. The molecule has 9 heteroatoms. The second-order valence-electron chi connectivity index (χ2n) is 6.50. The number of nitrogens with zero attached hydrogens (tertiary/aromatic N) is 3. The van der Waals surface area contributed by atoms with Crippen molar-refractivity contribution in [1.29, 1.82) is 0 Å². The molecule has 1 unspecified atom stereocenters. The van der Waals surface area contributed by atoms with Crippen LogP contribution in [0.25, 0.3) is 10.2 Å². The summed E-state index contributed by atoms with van der Waals surface area (Å²) < 4.78 is 29.1. The van der Waals surface area contributed by atoms with E-state index >= 15 is 0 Å². The number of sulfonamides is 1. The standard InChI is InChI=1S/C18H17N3O4S2/c1-12-8-9-13(21(22)23)11-17(12)27(24,25)20-10-4-6-15(20)18-19-14-5-2-3-7-16(14)26-18/h2-3,5,7-9,11,15H,4,6,10H2,1H3. The van der Waals surface area contributed by atoms with Crippen LogP contribution in [0, 0.1) is 17.0 Å². The molecule has 4 rings (SSSR count). The number of non-ortho nitro benzene ring substituents is 1. The van der Waals surface area contributed by atoms with Gasteiger partial charge in [0.25, 0.3) is 5.69 Å². The molecule has 0 radical (unpaired) electrons. The van der Waals surface area contributed by atoms with Crippen molar-refractivity contribution in [2.24, 2.45) is 0 Å². The maximum atomic E-state index is 13.3. The summed E-state index contributed by atoms with van der Waals surface area (Å²) in [5, 5.41) is 11.9. The largest absolute Gasteiger partial charge is 0.270 e. The Morgan fingerprint density at radius 1 is 1.26 bits per heavy atom. The first-order chi connectivity index (χ1) is 12.9. The average Bonchev–Trinajstić information content (AvgIpc) is 3.28. The summed E-state index contributed by atoms with van der Waals surface area (Å²) in [5.41, 5.74) is 1.12. The number of hydrogen-bond acceptors (Lipinski definition) is 6. The van der Waals surface area contributed by atoms with Crippen LogP contribution in [-0.4, -0.2) is 29.2 Å². The van der Waals surface area contributed by atoms with Gasteiger partial charge in [-0.3, -0.25) is 10.1 Å². The first-order valence-corrected chi connectivity index (χ1v) is 10.8. The summed E-state index contributed by atoms with van der Waals surface area (Å²) in [5.74, 6) is 0. The van der Waals surface area contributed by atoms with Gasteiger partial charge in [-0.25, -0.2) is 13.4 Å². The summed E-state index contributed by atoms with van der Waals surface area (Å²) in [4.78, 5) is 15.1. The molecule has 0 saturated carbocycles. The lowest BCUT2D eigenvalue weighted by Crippen LogP contribution is -2.31. The van der Waals surface area contributed by atoms with E-state index in [9.17, 15) is 18.5 Å². The molecule has 0 aliphatic carbocycles. The molecule has 0 amide bonds. The number of nitro groups is 1. The molecule has 0 N–H and O–H groups in total. The van der Waals surface area contributed by atoms with Gasteiger partial charge in [-0.2, -0.15) is 4.31 Å². The van der Waals surface area contributed by atoms with Crippen molar-refractivity contribution in [2.45, 2.75) is 30.7 Å². The number of hydrogen-bond donors (Lipinski definition) is 0. The van der Waals surface area contributed by atoms with Crippen molar-refractivity contribution < 1.29 is 13.3 Å². The summed E-state index contributed by atoms with van der Waals surface area (Å²) >= 11 is 1.50. The molecule has 27 heavy (non-hydrogen) atoms. The highest BCUT2D eigenvalue weighted by atomic mass is 32.2. The average molecular weight is 403 g/mol. The minimum absolute atomic E-state index is 0.00953. The molecule has 1 saturated heterocycles. The van der Waals surface area contributed by atoms with E-state index in [0.717, 1.165) is 27.7 Å². The van der Waals surface area contributed by atoms with Crippen LogP contribution >= 0.6 is 11.3 Å². The molecule has 3 aromatic rings. The molecule has 2 aromatic carbocycles. The van der Waals surface area contributed by atoms with Crippen molar-refractivity contribution in [1.82, 2.24) is 9.29 Å². The third kappa shape index (κ3) is 3.11. The fourth-order valence-electron chi connectivity index (χ4n) is 3.41. The molecule has 140 valence electrons. The third-order valence-corrected chi connectivity index (χ3v) is 7.96.